The molecule has 6 heteroatoms. The minimum Gasteiger partial charge on any atom is -0.494 e. The Morgan fingerprint density at radius 2 is 1.92 bits per heavy atom. The maximum Gasteiger partial charge on any atom is 0.223 e. The van der Waals surface area contributed by atoms with E-state index in [4.69, 9.17) is 10.5 Å². The molecule has 26 heavy (non-hydrogen) atoms. The molecule has 0 aromatic heterocycles. The van der Waals surface area contributed by atoms with E-state index in [-0.39, 0.29) is 43.0 Å². The number of hydrogen-bond donors (Lipinski definition) is 1. The van der Waals surface area contributed by atoms with Crippen LogP contribution in [0.2, 0.25) is 0 Å². The third-order valence-electron chi connectivity index (χ3n) is 4.79. The van der Waals surface area contributed by atoms with E-state index in [9.17, 15) is 9.59 Å². The fraction of sp³-hybridized carbons (Fsp3) is 0.600. The van der Waals surface area contributed by atoms with E-state index in [2.05, 4.69) is 6.92 Å². The number of nitrogens with two attached hydrogens (primary N) is 1. The first-order chi connectivity index (χ1) is 12.0. The number of Topliss-reactive ketones (excluding diaryl/α,β-unsaturated/α-hetero) is 1. The molecule has 5 nitrogen and oxygen atoms in total. The van der Waals surface area contributed by atoms with Crippen molar-refractivity contribution in [2.24, 2.45) is 11.7 Å². The van der Waals surface area contributed by atoms with Gasteiger partial charge in [0, 0.05) is 37.5 Å². The van der Waals surface area contributed by atoms with E-state index in [0.717, 1.165) is 31.6 Å². The Balaban J connectivity index is 0.00000338. The van der Waals surface area contributed by atoms with Crippen molar-refractivity contribution in [2.75, 3.05) is 19.7 Å². The molecule has 146 valence electrons. The predicted molar refractivity (Wildman–Crippen MR) is 106 cm³/mol. The van der Waals surface area contributed by atoms with Gasteiger partial charge in [-0.3, -0.25) is 9.59 Å². The van der Waals surface area contributed by atoms with Crippen molar-refractivity contribution < 1.29 is 14.3 Å². The molecule has 2 unspecified atom stereocenters. The molecule has 0 saturated carbocycles. The van der Waals surface area contributed by atoms with Gasteiger partial charge in [-0.25, -0.2) is 0 Å². The Hall–Kier alpha value is -1.59. The summed E-state index contributed by atoms with van der Waals surface area (Å²) in [5.41, 5.74) is 6.44. The zero-order chi connectivity index (χ0) is 18.2. The molecule has 1 aliphatic heterocycles. The SMILES string of the molecule is CCCOc1ccc(C(=O)CCC(=O)N2CCC(C)CC2CN)cc1.Cl. The van der Waals surface area contributed by atoms with Crippen LogP contribution in [0.3, 0.4) is 0 Å². The van der Waals surface area contributed by atoms with Crippen molar-refractivity contribution in [3.63, 3.8) is 0 Å². The second-order valence-corrected chi connectivity index (χ2v) is 6.90. The number of rotatable bonds is 8. The lowest BCUT2D eigenvalue weighted by Crippen LogP contribution is -2.49. The zero-order valence-electron chi connectivity index (χ0n) is 15.8. The number of amides is 1. The first-order valence-electron chi connectivity index (χ1n) is 9.30. The monoisotopic (exact) mass is 382 g/mol. The molecule has 0 radical (unpaired) electrons. The van der Waals surface area contributed by atoms with Gasteiger partial charge in [0.1, 0.15) is 5.75 Å². The Bertz CT molecular complexity index is 577. The second kappa shape index (κ2) is 11.2. The number of nitrogens with zero attached hydrogens (tertiary/aromatic N) is 1. The number of benzene rings is 1. The molecule has 0 spiro atoms. The number of piperidine rings is 1. The molecule has 1 fully saturated rings. The third-order valence-corrected chi connectivity index (χ3v) is 4.79. The van der Waals surface area contributed by atoms with E-state index in [1.165, 1.54) is 0 Å². The fourth-order valence-electron chi connectivity index (χ4n) is 3.27. The number of halogens is 1. The lowest BCUT2D eigenvalue weighted by Gasteiger charge is -2.38. The number of ether oxygens (including phenoxy) is 1. The summed E-state index contributed by atoms with van der Waals surface area (Å²) in [6.45, 7) is 6.15. The summed E-state index contributed by atoms with van der Waals surface area (Å²) in [6, 6.07) is 7.26. The highest BCUT2D eigenvalue weighted by Crippen LogP contribution is 2.23. The molecule has 2 N–H and O–H groups in total. The van der Waals surface area contributed by atoms with Gasteiger partial charge in [-0.15, -0.1) is 12.4 Å². The van der Waals surface area contributed by atoms with E-state index in [1.807, 2.05) is 11.8 Å². The molecule has 1 aliphatic rings. The molecule has 0 bridgehead atoms. The highest BCUT2D eigenvalue weighted by molar-refractivity contribution is 5.98. The van der Waals surface area contributed by atoms with Crippen LogP contribution in [0.25, 0.3) is 0 Å². The molecule has 0 aliphatic carbocycles. The van der Waals surface area contributed by atoms with Crippen molar-refractivity contribution in [3.05, 3.63) is 29.8 Å². The van der Waals surface area contributed by atoms with E-state index >= 15 is 0 Å². The molecule has 1 saturated heterocycles. The Kier molecular flexibility index (Phi) is 9.66. The van der Waals surface area contributed by atoms with Gasteiger partial charge in [0.2, 0.25) is 5.91 Å². The van der Waals surface area contributed by atoms with Gasteiger partial charge in [-0.1, -0.05) is 13.8 Å². The molecular weight excluding hydrogens is 352 g/mol. The van der Waals surface area contributed by atoms with Gasteiger partial charge in [-0.05, 0) is 49.4 Å². The molecule has 1 amide bonds. The van der Waals surface area contributed by atoms with Crippen molar-refractivity contribution in [3.8, 4) is 5.75 Å². The third kappa shape index (κ3) is 6.29. The number of carbonyl (C=O) groups excluding carboxylic acids is 2. The van der Waals surface area contributed by atoms with Gasteiger partial charge in [0.25, 0.3) is 0 Å². The first kappa shape index (κ1) is 22.5. The lowest BCUT2D eigenvalue weighted by atomic mass is 9.92. The molecule has 2 atom stereocenters. The average Bonchev–Trinajstić information content (AvgIpc) is 2.64. The Morgan fingerprint density at radius 1 is 1.23 bits per heavy atom. The van der Waals surface area contributed by atoms with E-state index in [1.54, 1.807) is 24.3 Å². The number of ketones is 1. The number of likely N-dealkylation sites (tertiary alicyclic amines) is 1. The summed E-state index contributed by atoms with van der Waals surface area (Å²) in [5, 5.41) is 0. The lowest BCUT2D eigenvalue weighted by molar-refractivity contribution is -0.135. The van der Waals surface area contributed by atoms with Crippen LogP contribution >= 0.6 is 12.4 Å². The molecule has 1 aromatic rings. The van der Waals surface area contributed by atoms with E-state index < -0.39 is 0 Å². The Morgan fingerprint density at radius 3 is 2.54 bits per heavy atom. The highest BCUT2D eigenvalue weighted by atomic mass is 35.5. The maximum absolute atomic E-state index is 12.5. The normalized spacial score (nSPS) is 19.6. The molecular formula is C20H31ClN2O3. The second-order valence-electron chi connectivity index (χ2n) is 6.90. The average molecular weight is 383 g/mol. The standard InChI is InChI=1S/C20H30N2O3.ClH/c1-3-12-25-18-6-4-16(5-7-18)19(23)8-9-20(24)22-11-10-15(2)13-17(22)14-21;/h4-7,15,17H,3,8-14,21H2,1-2H3;1H. The minimum atomic E-state index is -0.00920. The van der Waals surface area contributed by atoms with Crippen LogP contribution in [0, 0.1) is 5.92 Å². The summed E-state index contributed by atoms with van der Waals surface area (Å²) in [7, 11) is 0. The topological polar surface area (TPSA) is 72.6 Å². The van der Waals surface area contributed by atoms with Gasteiger partial charge >= 0.3 is 0 Å². The summed E-state index contributed by atoms with van der Waals surface area (Å²) < 4.78 is 5.52. The summed E-state index contributed by atoms with van der Waals surface area (Å²) in [6.07, 6.45) is 3.39. The van der Waals surface area contributed by atoms with Crippen molar-refractivity contribution in [1.82, 2.24) is 4.90 Å². The van der Waals surface area contributed by atoms with Crippen LogP contribution in [0.4, 0.5) is 0 Å². The van der Waals surface area contributed by atoms with Gasteiger partial charge in [0.05, 0.1) is 6.61 Å². The van der Waals surface area contributed by atoms with Crippen LogP contribution in [0.15, 0.2) is 24.3 Å². The van der Waals surface area contributed by atoms with Crippen LogP contribution in [-0.2, 0) is 4.79 Å². The van der Waals surface area contributed by atoms with Crippen LogP contribution in [-0.4, -0.2) is 42.3 Å². The largest absolute Gasteiger partial charge is 0.494 e. The summed E-state index contributed by atoms with van der Waals surface area (Å²) >= 11 is 0. The molecule has 1 heterocycles. The zero-order valence-corrected chi connectivity index (χ0v) is 16.6. The van der Waals surface area contributed by atoms with Gasteiger partial charge in [0.15, 0.2) is 5.78 Å². The van der Waals surface area contributed by atoms with Crippen molar-refractivity contribution in [1.29, 1.82) is 0 Å². The predicted octanol–water partition coefficient (Wildman–Crippen LogP) is 3.45. The minimum absolute atomic E-state index is 0. The quantitative estimate of drug-likeness (QED) is 0.699. The van der Waals surface area contributed by atoms with Crippen LogP contribution < -0.4 is 10.5 Å². The highest BCUT2D eigenvalue weighted by Gasteiger charge is 2.28. The smallest absolute Gasteiger partial charge is 0.223 e. The van der Waals surface area contributed by atoms with Gasteiger partial charge < -0.3 is 15.4 Å². The van der Waals surface area contributed by atoms with Gasteiger partial charge in [-0.2, -0.15) is 0 Å². The Labute approximate surface area is 162 Å². The number of carbonyl (C=O) groups is 2. The van der Waals surface area contributed by atoms with E-state index in [0.29, 0.717) is 24.6 Å². The summed E-state index contributed by atoms with van der Waals surface area (Å²) in [4.78, 5) is 26.7. The first-order valence-corrected chi connectivity index (χ1v) is 9.30. The molecule has 2 rings (SSSR count). The fourth-order valence-corrected chi connectivity index (χ4v) is 3.27. The molecule has 1 aromatic carbocycles. The van der Waals surface area contributed by atoms with Crippen molar-refractivity contribution in [2.45, 2.75) is 52.0 Å². The maximum atomic E-state index is 12.5. The van der Waals surface area contributed by atoms with Crippen molar-refractivity contribution >= 4 is 24.1 Å². The summed E-state index contributed by atoms with van der Waals surface area (Å²) in [5.74, 6) is 1.40. The van der Waals surface area contributed by atoms with Crippen LogP contribution in [0.5, 0.6) is 5.75 Å². The van der Waals surface area contributed by atoms with Crippen LogP contribution in [0.1, 0.15) is 56.3 Å². The number of hydrogen-bond acceptors (Lipinski definition) is 4.